The van der Waals surface area contributed by atoms with Gasteiger partial charge in [0.05, 0.1) is 5.56 Å². The van der Waals surface area contributed by atoms with Gasteiger partial charge in [-0.1, -0.05) is 30.3 Å². The molecule has 0 spiro atoms. The van der Waals surface area contributed by atoms with Crippen molar-refractivity contribution in [2.45, 2.75) is 6.92 Å². The van der Waals surface area contributed by atoms with E-state index in [1.54, 1.807) is 13.0 Å². The van der Waals surface area contributed by atoms with Gasteiger partial charge in [0.2, 0.25) is 0 Å². The number of rotatable bonds is 1. The monoisotopic (exact) mass is 218 g/mol. The van der Waals surface area contributed by atoms with E-state index in [-0.39, 0.29) is 12.4 Å². The predicted molar refractivity (Wildman–Crippen MR) is 63.8 cm³/mol. The third-order valence-corrected chi connectivity index (χ3v) is 2.07. The quantitative estimate of drug-likeness (QED) is 0.722. The van der Waals surface area contributed by atoms with Crippen LogP contribution in [-0.4, -0.2) is 23.1 Å². The zero-order valence-corrected chi connectivity index (χ0v) is 9.05. The SMILES string of the molecule is CCO.O=Cc1c(O)ccc2ccccc12. The summed E-state index contributed by atoms with van der Waals surface area (Å²) in [7, 11) is 0. The minimum Gasteiger partial charge on any atom is -0.507 e. The minimum absolute atomic E-state index is 0.0358. The topological polar surface area (TPSA) is 57.5 Å². The molecule has 0 atom stereocenters. The van der Waals surface area contributed by atoms with E-state index in [1.807, 2.05) is 24.3 Å². The maximum Gasteiger partial charge on any atom is 0.154 e. The number of aromatic hydroxyl groups is 1. The largest absolute Gasteiger partial charge is 0.507 e. The average molecular weight is 218 g/mol. The molecular weight excluding hydrogens is 204 g/mol. The van der Waals surface area contributed by atoms with Gasteiger partial charge in [0.15, 0.2) is 6.29 Å². The number of hydrogen-bond acceptors (Lipinski definition) is 3. The molecule has 0 aliphatic carbocycles. The number of benzene rings is 2. The lowest BCUT2D eigenvalue weighted by Crippen LogP contribution is -1.83. The summed E-state index contributed by atoms with van der Waals surface area (Å²) in [6, 6.07) is 10.8. The molecule has 0 aliphatic heterocycles. The van der Waals surface area contributed by atoms with Crippen molar-refractivity contribution in [3.05, 3.63) is 42.0 Å². The fourth-order valence-corrected chi connectivity index (χ4v) is 1.41. The van der Waals surface area contributed by atoms with Crippen LogP contribution < -0.4 is 0 Å². The molecule has 2 aromatic rings. The molecule has 0 saturated carbocycles. The normalized spacial score (nSPS) is 9.38. The molecule has 2 rings (SSSR count). The Bertz CT molecular complexity index is 478. The average Bonchev–Trinajstić information content (AvgIpc) is 2.30. The van der Waals surface area contributed by atoms with Gasteiger partial charge in [-0.3, -0.25) is 4.79 Å². The molecule has 0 unspecified atom stereocenters. The highest BCUT2D eigenvalue weighted by molar-refractivity contribution is 6.00. The Kier molecular flexibility index (Phi) is 4.48. The number of phenolic OH excluding ortho intramolecular Hbond substituents is 1. The molecule has 2 aromatic carbocycles. The maximum absolute atomic E-state index is 10.7. The molecule has 3 nitrogen and oxygen atoms in total. The summed E-state index contributed by atoms with van der Waals surface area (Å²) in [6.45, 7) is 1.93. The lowest BCUT2D eigenvalue weighted by molar-refractivity contribution is 0.112. The van der Waals surface area contributed by atoms with Crippen molar-refractivity contribution < 1.29 is 15.0 Å². The van der Waals surface area contributed by atoms with E-state index in [0.29, 0.717) is 11.8 Å². The number of hydrogen-bond donors (Lipinski definition) is 2. The maximum atomic E-state index is 10.7. The summed E-state index contributed by atoms with van der Waals surface area (Å²) >= 11 is 0. The fourth-order valence-electron chi connectivity index (χ4n) is 1.41. The van der Waals surface area contributed by atoms with Crippen LogP contribution in [0.1, 0.15) is 17.3 Å². The first-order valence-corrected chi connectivity index (χ1v) is 5.01. The van der Waals surface area contributed by atoms with Gasteiger partial charge >= 0.3 is 0 Å². The first-order valence-electron chi connectivity index (χ1n) is 5.01. The summed E-state index contributed by atoms with van der Waals surface area (Å²) in [6.07, 6.45) is 0.678. The summed E-state index contributed by atoms with van der Waals surface area (Å²) in [5.74, 6) is 0.0358. The van der Waals surface area contributed by atoms with Crippen LogP contribution in [0.15, 0.2) is 36.4 Å². The lowest BCUT2D eigenvalue weighted by Gasteiger charge is -2.01. The van der Waals surface area contributed by atoms with Crippen molar-refractivity contribution >= 4 is 17.1 Å². The number of carbonyl (C=O) groups excluding carboxylic acids is 1. The minimum atomic E-state index is 0.0358. The van der Waals surface area contributed by atoms with Crippen LogP contribution in [0.3, 0.4) is 0 Å². The second-order valence-corrected chi connectivity index (χ2v) is 3.15. The van der Waals surface area contributed by atoms with Gasteiger partial charge in [-0.05, 0) is 23.8 Å². The van der Waals surface area contributed by atoms with Gasteiger partial charge in [-0.2, -0.15) is 0 Å². The van der Waals surface area contributed by atoms with Gasteiger partial charge in [0, 0.05) is 6.61 Å². The summed E-state index contributed by atoms with van der Waals surface area (Å²) in [5, 5.41) is 18.7. The standard InChI is InChI=1S/C11H8O2.C2H6O/c12-7-10-9-4-2-1-3-8(9)5-6-11(10)13;1-2-3/h1-7,13H;3H,2H2,1H3. The summed E-state index contributed by atoms with van der Waals surface area (Å²) in [4.78, 5) is 10.7. The van der Waals surface area contributed by atoms with Crippen LogP contribution in [0, 0.1) is 0 Å². The van der Waals surface area contributed by atoms with Crippen molar-refractivity contribution in [2.75, 3.05) is 6.61 Å². The van der Waals surface area contributed by atoms with Gasteiger partial charge in [-0.25, -0.2) is 0 Å². The van der Waals surface area contributed by atoms with Crippen LogP contribution >= 0.6 is 0 Å². The molecule has 3 heteroatoms. The molecule has 0 fully saturated rings. The van der Waals surface area contributed by atoms with E-state index in [4.69, 9.17) is 5.11 Å². The Labute approximate surface area is 94.0 Å². The molecule has 0 saturated heterocycles. The van der Waals surface area contributed by atoms with Crippen molar-refractivity contribution in [3.63, 3.8) is 0 Å². The molecule has 0 amide bonds. The molecule has 0 bridgehead atoms. The zero-order valence-electron chi connectivity index (χ0n) is 9.05. The third-order valence-electron chi connectivity index (χ3n) is 2.07. The van der Waals surface area contributed by atoms with Gasteiger partial charge in [-0.15, -0.1) is 0 Å². The number of aliphatic hydroxyl groups is 1. The summed E-state index contributed by atoms with van der Waals surface area (Å²) < 4.78 is 0. The smallest absolute Gasteiger partial charge is 0.154 e. The predicted octanol–water partition coefficient (Wildman–Crippen LogP) is 2.36. The van der Waals surface area contributed by atoms with Crippen molar-refractivity contribution in [1.29, 1.82) is 0 Å². The second-order valence-electron chi connectivity index (χ2n) is 3.15. The van der Waals surface area contributed by atoms with Crippen molar-refractivity contribution in [3.8, 4) is 5.75 Å². The molecular formula is C13H14O3. The Morgan fingerprint density at radius 3 is 2.44 bits per heavy atom. The van der Waals surface area contributed by atoms with E-state index in [2.05, 4.69) is 0 Å². The molecule has 16 heavy (non-hydrogen) atoms. The van der Waals surface area contributed by atoms with Crippen LogP contribution in [0.2, 0.25) is 0 Å². The van der Waals surface area contributed by atoms with Gasteiger partial charge < -0.3 is 10.2 Å². The van der Waals surface area contributed by atoms with E-state index in [9.17, 15) is 9.90 Å². The number of aldehydes is 1. The van der Waals surface area contributed by atoms with Gasteiger partial charge in [0.25, 0.3) is 0 Å². The number of aliphatic hydroxyl groups excluding tert-OH is 1. The fraction of sp³-hybridized carbons (Fsp3) is 0.154. The molecule has 84 valence electrons. The Morgan fingerprint density at radius 1 is 1.19 bits per heavy atom. The lowest BCUT2D eigenvalue weighted by atomic mass is 10.0. The number of fused-ring (bicyclic) bond motifs is 1. The second kappa shape index (κ2) is 5.88. The van der Waals surface area contributed by atoms with E-state index >= 15 is 0 Å². The first kappa shape index (κ1) is 12.2. The van der Waals surface area contributed by atoms with Crippen LogP contribution in [0.5, 0.6) is 5.75 Å². The van der Waals surface area contributed by atoms with E-state index in [1.165, 1.54) is 6.07 Å². The highest BCUT2D eigenvalue weighted by Gasteiger charge is 2.03. The van der Waals surface area contributed by atoms with Crippen molar-refractivity contribution in [2.24, 2.45) is 0 Å². The summed E-state index contributed by atoms with van der Waals surface area (Å²) in [5.41, 5.74) is 0.359. The number of phenols is 1. The van der Waals surface area contributed by atoms with Gasteiger partial charge in [0.1, 0.15) is 5.75 Å². The van der Waals surface area contributed by atoms with E-state index < -0.39 is 0 Å². The zero-order chi connectivity index (χ0) is 12.0. The molecule has 2 N–H and O–H groups in total. The van der Waals surface area contributed by atoms with Crippen LogP contribution in [0.4, 0.5) is 0 Å². The highest BCUT2D eigenvalue weighted by atomic mass is 16.3. The Hall–Kier alpha value is -1.87. The molecule has 0 aromatic heterocycles. The molecule has 0 aliphatic rings. The highest BCUT2D eigenvalue weighted by Crippen LogP contribution is 2.24. The molecule has 0 radical (unpaired) electrons. The Morgan fingerprint density at radius 2 is 1.81 bits per heavy atom. The van der Waals surface area contributed by atoms with E-state index in [0.717, 1.165) is 10.8 Å². The number of carbonyl (C=O) groups is 1. The van der Waals surface area contributed by atoms with Crippen LogP contribution in [-0.2, 0) is 0 Å². The third kappa shape index (κ3) is 2.58. The first-order chi connectivity index (χ1) is 7.74. The molecule has 0 heterocycles. The van der Waals surface area contributed by atoms with Crippen molar-refractivity contribution in [1.82, 2.24) is 0 Å². The Balaban J connectivity index is 0.000000386. The van der Waals surface area contributed by atoms with Crippen LogP contribution in [0.25, 0.3) is 10.8 Å².